The molecular formula is C46H30N4. The number of aromatic nitrogens is 2. The molecule has 0 atom stereocenters. The van der Waals surface area contributed by atoms with Crippen molar-refractivity contribution in [3.8, 4) is 45.8 Å². The summed E-state index contributed by atoms with van der Waals surface area (Å²) >= 11 is 0. The van der Waals surface area contributed by atoms with Gasteiger partial charge in [-0.3, -0.25) is 0 Å². The van der Waals surface area contributed by atoms with Crippen LogP contribution in [-0.2, 0) is 6.42 Å². The highest BCUT2D eigenvalue weighted by Crippen LogP contribution is 2.43. The molecule has 0 amide bonds. The first kappa shape index (κ1) is 29.3. The number of allylic oxidation sites excluding steroid dienone is 3. The molecule has 1 aliphatic rings. The van der Waals surface area contributed by atoms with Gasteiger partial charge in [0.05, 0.1) is 39.4 Å². The maximum Gasteiger partial charge on any atom is 0.101 e. The molecule has 9 rings (SSSR count). The molecule has 2 heterocycles. The molecular weight excluding hydrogens is 609 g/mol. The van der Waals surface area contributed by atoms with Crippen LogP contribution in [0.3, 0.4) is 0 Å². The summed E-state index contributed by atoms with van der Waals surface area (Å²) in [6, 6.07) is 50.6. The van der Waals surface area contributed by atoms with Crippen LogP contribution in [-0.4, -0.2) is 9.13 Å². The zero-order valence-electron chi connectivity index (χ0n) is 27.4. The molecule has 0 aliphatic heterocycles. The van der Waals surface area contributed by atoms with Gasteiger partial charge in [0.2, 0.25) is 0 Å². The van der Waals surface area contributed by atoms with Crippen LogP contribution in [0.4, 0.5) is 0 Å². The lowest BCUT2D eigenvalue weighted by Crippen LogP contribution is -2.04. The third-order valence-electron chi connectivity index (χ3n) is 9.91. The lowest BCUT2D eigenvalue weighted by molar-refractivity contribution is 1.00. The molecule has 0 fully saturated rings. The predicted octanol–water partition coefficient (Wildman–Crippen LogP) is 11.3. The summed E-state index contributed by atoms with van der Waals surface area (Å²) in [5, 5.41) is 24.6. The maximum atomic E-state index is 10.6. The van der Waals surface area contributed by atoms with Gasteiger partial charge in [-0.05, 0) is 72.2 Å². The second-order valence-corrected chi connectivity index (χ2v) is 12.8. The van der Waals surface area contributed by atoms with Crippen LogP contribution in [0.2, 0.25) is 0 Å². The zero-order chi connectivity index (χ0) is 33.8. The van der Waals surface area contributed by atoms with Gasteiger partial charge in [0, 0.05) is 45.1 Å². The molecule has 0 saturated carbocycles. The van der Waals surface area contributed by atoms with Gasteiger partial charge in [-0.15, -0.1) is 0 Å². The van der Waals surface area contributed by atoms with Crippen LogP contribution >= 0.6 is 0 Å². The molecule has 4 nitrogen and oxygen atoms in total. The molecule has 0 saturated heterocycles. The Morgan fingerprint density at radius 2 is 1.18 bits per heavy atom. The Labute approximate surface area is 290 Å². The summed E-state index contributed by atoms with van der Waals surface area (Å²) in [5.41, 5.74) is 13.4. The minimum Gasteiger partial charge on any atom is -0.313 e. The molecule has 1 aliphatic carbocycles. The van der Waals surface area contributed by atoms with Crippen molar-refractivity contribution in [2.45, 2.75) is 13.3 Å². The average molecular weight is 639 g/mol. The van der Waals surface area contributed by atoms with Crippen molar-refractivity contribution in [1.29, 1.82) is 10.5 Å². The fourth-order valence-electron chi connectivity index (χ4n) is 7.82. The molecule has 4 heteroatoms. The standard InChI is InChI=1S/C46H30N4/c1-30-12-10-23-44-40(26-30)38-18-6-7-20-41(38)49(44)34-14-11-13-31(27-34)35-15-2-3-19-39(35)45-32(28-47)24-25-33(29-48)46(45)50-42-21-8-4-16-36(42)37-17-5-9-22-43(37)50/h2-22,24-27H,23H2,1H3. The van der Waals surface area contributed by atoms with Crippen molar-refractivity contribution in [3.05, 3.63) is 174 Å². The Kier molecular flexibility index (Phi) is 6.83. The van der Waals surface area contributed by atoms with Gasteiger partial charge >= 0.3 is 0 Å². The van der Waals surface area contributed by atoms with Crippen LogP contribution in [0.25, 0.3) is 72.4 Å². The van der Waals surface area contributed by atoms with Gasteiger partial charge < -0.3 is 9.13 Å². The smallest absolute Gasteiger partial charge is 0.101 e. The molecule has 50 heavy (non-hydrogen) atoms. The van der Waals surface area contributed by atoms with E-state index in [1.54, 1.807) is 12.1 Å². The van der Waals surface area contributed by atoms with Crippen molar-refractivity contribution < 1.29 is 0 Å². The summed E-state index contributed by atoms with van der Waals surface area (Å²) in [6.45, 7) is 2.15. The fourth-order valence-corrected chi connectivity index (χ4v) is 7.82. The van der Waals surface area contributed by atoms with E-state index in [1.165, 1.54) is 27.7 Å². The number of rotatable bonds is 4. The molecule has 234 valence electrons. The SMILES string of the molecule is CC1=Cc2c(n(-c3cccc(-c4ccccc4-c4c(C#N)ccc(C#N)c4-n4c5ccccc5c5ccccc54)c3)c3ccccc23)CC=C1. The molecule has 0 spiro atoms. The lowest BCUT2D eigenvalue weighted by atomic mass is 9.89. The summed E-state index contributed by atoms with van der Waals surface area (Å²) < 4.78 is 4.55. The van der Waals surface area contributed by atoms with Crippen LogP contribution < -0.4 is 0 Å². The highest BCUT2D eigenvalue weighted by atomic mass is 15.0. The van der Waals surface area contributed by atoms with E-state index >= 15 is 0 Å². The summed E-state index contributed by atoms with van der Waals surface area (Å²) in [6.07, 6.45) is 7.56. The third kappa shape index (κ3) is 4.44. The van der Waals surface area contributed by atoms with Crippen LogP contribution in [0.1, 0.15) is 29.3 Å². The zero-order valence-corrected chi connectivity index (χ0v) is 27.4. The van der Waals surface area contributed by atoms with E-state index in [2.05, 4.69) is 131 Å². The minimum atomic E-state index is 0.506. The van der Waals surface area contributed by atoms with Gasteiger partial charge in [-0.1, -0.05) is 109 Å². The second-order valence-electron chi connectivity index (χ2n) is 12.8. The van der Waals surface area contributed by atoms with E-state index in [0.717, 1.165) is 56.2 Å². The van der Waals surface area contributed by atoms with Gasteiger partial charge in [-0.25, -0.2) is 0 Å². The van der Waals surface area contributed by atoms with Crippen molar-refractivity contribution in [3.63, 3.8) is 0 Å². The van der Waals surface area contributed by atoms with E-state index in [0.29, 0.717) is 16.8 Å². The highest BCUT2D eigenvalue weighted by Gasteiger charge is 2.24. The van der Waals surface area contributed by atoms with E-state index in [1.807, 2.05) is 36.4 Å². The first-order valence-corrected chi connectivity index (χ1v) is 16.8. The first-order valence-electron chi connectivity index (χ1n) is 16.8. The van der Waals surface area contributed by atoms with E-state index < -0.39 is 0 Å². The maximum absolute atomic E-state index is 10.6. The molecule has 0 bridgehead atoms. The number of benzene rings is 6. The van der Waals surface area contributed by atoms with Gasteiger partial charge in [0.15, 0.2) is 0 Å². The topological polar surface area (TPSA) is 57.4 Å². The molecule has 0 unspecified atom stereocenters. The number of hydrogen-bond acceptors (Lipinski definition) is 2. The van der Waals surface area contributed by atoms with E-state index in [9.17, 15) is 10.5 Å². The summed E-state index contributed by atoms with van der Waals surface area (Å²) in [5.74, 6) is 0. The first-order chi connectivity index (χ1) is 24.7. The van der Waals surface area contributed by atoms with Crippen molar-refractivity contribution in [1.82, 2.24) is 9.13 Å². The van der Waals surface area contributed by atoms with Crippen molar-refractivity contribution >= 4 is 38.8 Å². The minimum absolute atomic E-state index is 0.506. The highest BCUT2D eigenvalue weighted by molar-refractivity contribution is 6.10. The summed E-state index contributed by atoms with van der Waals surface area (Å²) in [7, 11) is 0. The van der Waals surface area contributed by atoms with E-state index in [-0.39, 0.29) is 0 Å². The second kappa shape index (κ2) is 11.7. The van der Waals surface area contributed by atoms with E-state index in [4.69, 9.17) is 0 Å². The average Bonchev–Trinajstić information content (AvgIpc) is 3.58. The normalized spacial score (nSPS) is 12.4. The number of nitrogens with zero attached hydrogens (tertiary/aromatic N) is 4. The van der Waals surface area contributed by atoms with Gasteiger partial charge in [0.25, 0.3) is 0 Å². The number of nitriles is 2. The molecule has 6 aromatic carbocycles. The number of fused-ring (bicyclic) bond motifs is 6. The molecule has 8 aromatic rings. The number of para-hydroxylation sites is 3. The fraction of sp³-hybridized carbons (Fsp3) is 0.0435. The Morgan fingerprint density at radius 3 is 1.88 bits per heavy atom. The summed E-state index contributed by atoms with van der Waals surface area (Å²) in [4.78, 5) is 0. The number of hydrogen-bond donors (Lipinski definition) is 0. The predicted molar refractivity (Wildman–Crippen MR) is 204 cm³/mol. The monoisotopic (exact) mass is 638 g/mol. The van der Waals surface area contributed by atoms with Crippen molar-refractivity contribution in [2.75, 3.05) is 0 Å². The molecule has 0 radical (unpaired) electrons. The Hall–Kier alpha value is -6.88. The molecule has 2 aromatic heterocycles. The van der Waals surface area contributed by atoms with Crippen molar-refractivity contribution in [2.24, 2.45) is 0 Å². The van der Waals surface area contributed by atoms with Crippen LogP contribution in [0.15, 0.2) is 151 Å². The Balaban J connectivity index is 1.31. The quantitative estimate of drug-likeness (QED) is 0.193. The Bertz CT molecular complexity index is 2770. The van der Waals surface area contributed by atoms with Crippen LogP contribution in [0.5, 0.6) is 0 Å². The lowest BCUT2D eigenvalue weighted by Gasteiger charge is -2.20. The Morgan fingerprint density at radius 1 is 0.580 bits per heavy atom. The van der Waals surface area contributed by atoms with Gasteiger partial charge in [0.1, 0.15) is 6.07 Å². The molecule has 0 N–H and O–H groups in total. The van der Waals surface area contributed by atoms with Gasteiger partial charge in [-0.2, -0.15) is 10.5 Å². The van der Waals surface area contributed by atoms with Crippen LogP contribution in [0, 0.1) is 22.7 Å². The largest absolute Gasteiger partial charge is 0.313 e. The third-order valence-corrected chi connectivity index (χ3v) is 9.91.